The van der Waals surface area contributed by atoms with Crippen LogP contribution in [-0.4, -0.2) is 25.5 Å². The second-order valence-electron chi connectivity index (χ2n) is 4.20. The summed E-state index contributed by atoms with van der Waals surface area (Å²) in [6, 6.07) is 8.02. The van der Waals surface area contributed by atoms with Crippen LogP contribution in [0.15, 0.2) is 24.3 Å². The van der Waals surface area contributed by atoms with Crippen molar-refractivity contribution in [1.82, 2.24) is 5.32 Å². The molecule has 0 radical (unpaired) electrons. The zero-order valence-corrected chi connectivity index (χ0v) is 9.58. The first-order valence-electron chi connectivity index (χ1n) is 5.06. The van der Waals surface area contributed by atoms with Crippen molar-refractivity contribution in [3.8, 4) is 5.75 Å². The van der Waals surface area contributed by atoms with Gasteiger partial charge in [-0.1, -0.05) is 26.0 Å². The Labute approximate surface area is 91.1 Å². The van der Waals surface area contributed by atoms with Gasteiger partial charge >= 0.3 is 0 Å². The molecule has 0 unspecified atom stereocenters. The smallest absolute Gasteiger partial charge is 0.118 e. The summed E-state index contributed by atoms with van der Waals surface area (Å²) in [5, 5.41) is 11.7. The molecule has 0 amide bonds. The van der Waals surface area contributed by atoms with Gasteiger partial charge in [0.1, 0.15) is 5.75 Å². The Morgan fingerprint density at radius 1 is 1.27 bits per heavy atom. The van der Waals surface area contributed by atoms with Crippen LogP contribution in [0.4, 0.5) is 0 Å². The number of hydrogen-bond acceptors (Lipinski definition) is 3. The zero-order valence-electron chi connectivity index (χ0n) is 9.58. The fourth-order valence-electron chi connectivity index (χ4n) is 1.51. The Bertz CT molecular complexity index is 293. The lowest BCUT2D eigenvalue weighted by Crippen LogP contribution is -2.33. The van der Waals surface area contributed by atoms with Gasteiger partial charge in [0.15, 0.2) is 0 Å². The Balaban J connectivity index is 2.75. The highest BCUT2D eigenvalue weighted by Crippen LogP contribution is 2.24. The van der Waals surface area contributed by atoms with Gasteiger partial charge in [-0.25, -0.2) is 0 Å². The molecule has 0 aliphatic rings. The molecular weight excluding hydrogens is 190 g/mol. The maximum absolute atomic E-state index is 8.73. The van der Waals surface area contributed by atoms with Gasteiger partial charge in [-0.3, -0.25) is 5.32 Å². The number of hydrogen-bond donors (Lipinski definition) is 2. The van der Waals surface area contributed by atoms with Crippen molar-refractivity contribution < 1.29 is 9.84 Å². The summed E-state index contributed by atoms with van der Waals surface area (Å²) in [6.45, 7) is 5.03. The summed E-state index contributed by atoms with van der Waals surface area (Å²) < 4.78 is 5.11. The third kappa shape index (κ3) is 3.22. The van der Waals surface area contributed by atoms with Crippen LogP contribution in [0, 0.1) is 0 Å². The first-order valence-corrected chi connectivity index (χ1v) is 5.06. The summed E-state index contributed by atoms with van der Waals surface area (Å²) >= 11 is 0. The summed E-state index contributed by atoms with van der Waals surface area (Å²) in [7, 11) is 1.66. The van der Waals surface area contributed by atoms with Crippen molar-refractivity contribution in [2.75, 3.05) is 20.4 Å². The Kier molecular flexibility index (Phi) is 4.12. The average molecular weight is 209 g/mol. The second-order valence-corrected chi connectivity index (χ2v) is 4.20. The molecule has 3 heteroatoms. The van der Waals surface area contributed by atoms with Gasteiger partial charge in [0.25, 0.3) is 0 Å². The van der Waals surface area contributed by atoms with Crippen molar-refractivity contribution in [1.29, 1.82) is 0 Å². The van der Waals surface area contributed by atoms with Crippen LogP contribution in [0.5, 0.6) is 5.75 Å². The average Bonchev–Trinajstić information content (AvgIpc) is 2.26. The van der Waals surface area contributed by atoms with Crippen LogP contribution >= 0.6 is 0 Å². The number of benzene rings is 1. The van der Waals surface area contributed by atoms with Gasteiger partial charge in [0.05, 0.1) is 13.8 Å². The molecule has 0 aromatic heterocycles. The van der Waals surface area contributed by atoms with Crippen LogP contribution in [0.1, 0.15) is 19.4 Å². The molecule has 0 aliphatic carbocycles. The summed E-state index contributed by atoms with van der Waals surface area (Å²) in [4.78, 5) is 0. The van der Waals surface area contributed by atoms with Crippen LogP contribution in [0.3, 0.4) is 0 Å². The standard InChI is InChI=1S/C12H19NO2/c1-12(2,8-13-9-14)10-4-6-11(15-3)7-5-10/h4-7,13-14H,8-9H2,1-3H3. The molecule has 1 aromatic rings. The molecule has 0 atom stereocenters. The fraction of sp³-hybridized carbons (Fsp3) is 0.500. The van der Waals surface area contributed by atoms with E-state index in [1.54, 1.807) is 7.11 Å². The molecule has 3 nitrogen and oxygen atoms in total. The largest absolute Gasteiger partial charge is 0.497 e. The predicted molar refractivity (Wildman–Crippen MR) is 61.1 cm³/mol. The van der Waals surface area contributed by atoms with E-state index in [9.17, 15) is 0 Å². The van der Waals surface area contributed by atoms with Crippen molar-refractivity contribution in [2.45, 2.75) is 19.3 Å². The first-order chi connectivity index (χ1) is 7.10. The minimum Gasteiger partial charge on any atom is -0.497 e. The summed E-state index contributed by atoms with van der Waals surface area (Å²) in [5.74, 6) is 0.865. The molecule has 0 saturated heterocycles. The van der Waals surface area contributed by atoms with E-state index >= 15 is 0 Å². The van der Waals surface area contributed by atoms with Gasteiger partial charge < -0.3 is 9.84 Å². The van der Waals surface area contributed by atoms with Crippen molar-refractivity contribution in [2.24, 2.45) is 0 Å². The second kappa shape index (κ2) is 5.14. The van der Waals surface area contributed by atoms with E-state index in [0.717, 1.165) is 12.3 Å². The highest BCUT2D eigenvalue weighted by Gasteiger charge is 2.19. The van der Waals surface area contributed by atoms with E-state index in [0.29, 0.717) is 0 Å². The molecule has 1 rings (SSSR count). The lowest BCUT2D eigenvalue weighted by Gasteiger charge is -2.25. The number of nitrogens with one attached hydrogen (secondary N) is 1. The van der Waals surface area contributed by atoms with E-state index in [1.807, 2.05) is 12.1 Å². The van der Waals surface area contributed by atoms with Crippen molar-refractivity contribution >= 4 is 0 Å². The van der Waals surface area contributed by atoms with Crippen LogP contribution in [0.2, 0.25) is 0 Å². The maximum atomic E-state index is 8.73. The van der Waals surface area contributed by atoms with E-state index in [2.05, 4.69) is 31.3 Å². The zero-order chi connectivity index (χ0) is 11.3. The minimum absolute atomic E-state index is 0.00893. The number of aliphatic hydroxyl groups excluding tert-OH is 1. The molecule has 0 spiro atoms. The lowest BCUT2D eigenvalue weighted by molar-refractivity contribution is 0.247. The quantitative estimate of drug-likeness (QED) is 0.722. The van der Waals surface area contributed by atoms with Gasteiger partial charge in [-0.2, -0.15) is 0 Å². The number of aliphatic hydroxyl groups is 1. The summed E-state index contributed by atoms with van der Waals surface area (Å²) in [5.41, 5.74) is 1.24. The molecule has 15 heavy (non-hydrogen) atoms. The Hall–Kier alpha value is -1.06. The summed E-state index contributed by atoms with van der Waals surface area (Å²) in [6.07, 6.45) is 0. The first kappa shape index (κ1) is 12.0. The minimum atomic E-state index is 0.00893. The monoisotopic (exact) mass is 209 g/mol. The Morgan fingerprint density at radius 3 is 2.33 bits per heavy atom. The molecule has 2 N–H and O–H groups in total. The highest BCUT2D eigenvalue weighted by molar-refractivity contribution is 5.31. The van der Waals surface area contributed by atoms with Crippen molar-refractivity contribution in [3.63, 3.8) is 0 Å². The lowest BCUT2D eigenvalue weighted by atomic mass is 9.84. The third-order valence-electron chi connectivity index (χ3n) is 2.55. The molecule has 0 bridgehead atoms. The van der Waals surface area contributed by atoms with Gasteiger partial charge in [0.2, 0.25) is 0 Å². The van der Waals surface area contributed by atoms with Crippen LogP contribution in [-0.2, 0) is 5.41 Å². The number of methoxy groups -OCH3 is 1. The highest BCUT2D eigenvalue weighted by atomic mass is 16.5. The molecule has 0 fully saturated rings. The van der Waals surface area contributed by atoms with E-state index in [4.69, 9.17) is 9.84 Å². The maximum Gasteiger partial charge on any atom is 0.118 e. The SMILES string of the molecule is COc1ccc(C(C)(C)CNCO)cc1. The van der Waals surface area contributed by atoms with Gasteiger partial charge in [-0.05, 0) is 17.7 Å². The molecule has 1 aromatic carbocycles. The normalized spacial score (nSPS) is 11.5. The van der Waals surface area contributed by atoms with E-state index < -0.39 is 0 Å². The van der Waals surface area contributed by atoms with Crippen LogP contribution < -0.4 is 10.1 Å². The van der Waals surface area contributed by atoms with Crippen molar-refractivity contribution in [3.05, 3.63) is 29.8 Å². The molecule has 0 aliphatic heterocycles. The topological polar surface area (TPSA) is 41.5 Å². The fourth-order valence-corrected chi connectivity index (χ4v) is 1.51. The number of ether oxygens (including phenoxy) is 1. The van der Waals surface area contributed by atoms with E-state index in [-0.39, 0.29) is 12.1 Å². The molecular formula is C12H19NO2. The van der Waals surface area contributed by atoms with Crippen LogP contribution in [0.25, 0.3) is 0 Å². The molecule has 84 valence electrons. The predicted octanol–water partition coefficient (Wildman–Crippen LogP) is 1.51. The molecule has 0 heterocycles. The third-order valence-corrected chi connectivity index (χ3v) is 2.55. The van der Waals surface area contributed by atoms with E-state index in [1.165, 1.54) is 5.56 Å². The van der Waals surface area contributed by atoms with Gasteiger partial charge in [-0.15, -0.1) is 0 Å². The number of rotatable bonds is 5. The van der Waals surface area contributed by atoms with Gasteiger partial charge in [0, 0.05) is 12.0 Å². The molecule has 0 saturated carbocycles. The Morgan fingerprint density at radius 2 is 1.87 bits per heavy atom.